The summed E-state index contributed by atoms with van der Waals surface area (Å²) < 4.78 is 7.18. The Kier molecular flexibility index (Phi) is 6.18. The highest BCUT2D eigenvalue weighted by atomic mass is 32.2. The van der Waals surface area contributed by atoms with E-state index < -0.39 is 10.2 Å². The minimum atomic E-state index is -0.517. The molecule has 1 amide bonds. The maximum absolute atomic E-state index is 12.7. The lowest BCUT2D eigenvalue weighted by atomic mass is 10.2. The van der Waals surface area contributed by atoms with Crippen molar-refractivity contribution in [3.05, 3.63) is 65.2 Å². The SMILES string of the molecule is C=CCn1c(S[C@H](C)C(=O)Nc2ccc([N+](=O)[O-])cc2OC)nc2ccccc21. The molecule has 9 heteroatoms. The zero-order valence-electron chi connectivity index (χ0n) is 16.0. The summed E-state index contributed by atoms with van der Waals surface area (Å²) in [5.41, 5.74) is 2.08. The summed E-state index contributed by atoms with van der Waals surface area (Å²) in [6, 6.07) is 11.8. The van der Waals surface area contributed by atoms with Crippen LogP contribution in [0.15, 0.2) is 60.3 Å². The molecule has 0 aliphatic carbocycles. The molecule has 3 rings (SSSR count). The molecule has 0 bridgehead atoms. The number of ether oxygens (including phenoxy) is 1. The zero-order valence-corrected chi connectivity index (χ0v) is 16.8. The summed E-state index contributed by atoms with van der Waals surface area (Å²) in [7, 11) is 1.39. The molecule has 3 aromatic rings. The summed E-state index contributed by atoms with van der Waals surface area (Å²) in [4.78, 5) is 27.7. The third-order valence-electron chi connectivity index (χ3n) is 4.24. The maximum Gasteiger partial charge on any atom is 0.273 e. The van der Waals surface area contributed by atoms with E-state index in [1.165, 1.54) is 37.1 Å². The number of benzene rings is 2. The number of amides is 1. The van der Waals surface area contributed by atoms with E-state index in [1.54, 1.807) is 13.0 Å². The smallest absolute Gasteiger partial charge is 0.273 e. The number of nitro benzene ring substituents is 1. The highest BCUT2D eigenvalue weighted by Gasteiger charge is 2.21. The second-order valence-corrected chi connectivity index (χ2v) is 7.48. The predicted octanol–water partition coefficient (Wildman–Crippen LogP) is 4.26. The number of nitrogens with one attached hydrogen (secondary N) is 1. The number of carbonyl (C=O) groups excluding carboxylic acids is 1. The number of non-ortho nitro benzene ring substituents is 1. The number of aromatic nitrogens is 2. The Morgan fingerprint density at radius 1 is 1.41 bits per heavy atom. The van der Waals surface area contributed by atoms with Crippen molar-refractivity contribution in [2.75, 3.05) is 12.4 Å². The van der Waals surface area contributed by atoms with Gasteiger partial charge in [0.15, 0.2) is 5.16 Å². The Morgan fingerprint density at radius 3 is 2.86 bits per heavy atom. The van der Waals surface area contributed by atoms with Gasteiger partial charge in [-0.1, -0.05) is 30.0 Å². The molecule has 0 radical (unpaired) electrons. The predicted molar refractivity (Wildman–Crippen MR) is 114 cm³/mol. The number of para-hydroxylation sites is 2. The Morgan fingerprint density at radius 2 is 2.17 bits per heavy atom. The average molecular weight is 412 g/mol. The van der Waals surface area contributed by atoms with E-state index in [0.29, 0.717) is 17.4 Å². The van der Waals surface area contributed by atoms with Crippen LogP contribution in [-0.2, 0) is 11.3 Å². The molecule has 0 aliphatic rings. The highest BCUT2D eigenvalue weighted by Crippen LogP contribution is 2.31. The molecule has 29 heavy (non-hydrogen) atoms. The Bertz CT molecular complexity index is 1080. The molecule has 1 N–H and O–H groups in total. The first kappa shape index (κ1) is 20.4. The molecule has 150 valence electrons. The molecule has 0 aliphatic heterocycles. The fraction of sp³-hybridized carbons (Fsp3) is 0.200. The second-order valence-electron chi connectivity index (χ2n) is 6.17. The van der Waals surface area contributed by atoms with Gasteiger partial charge in [0, 0.05) is 12.6 Å². The van der Waals surface area contributed by atoms with Crippen LogP contribution >= 0.6 is 11.8 Å². The monoisotopic (exact) mass is 412 g/mol. The second kappa shape index (κ2) is 8.78. The molecular formula is C20H20N4O4S. The quantitative estimate of drug-likeness (QED) is 0.257. The molecule has 8 nitrogen and oxygen atoms in total. The summed E-state index contributed by atoms with van der Waals surface area (Å²) in [5.74, 6) is -0.0389. The third kappa shape index (κ3) is 4.40. The van der Waals surface area contributed by atoms with Gasteiger partial charge in [-0.2, -0.15) is 0 Å². The molecule has 1 atom stereocenters. The summed E-state index contributed by atoms with van der Waals surface area (Å²) >= 11 is 1.33. The molecule has 0 saturated carbocycles. The molecule has 2 aromatic carbocycles. The first-order chi connectivity index (χ1) is 13.9. The van der Waals surface area contributed by atoms with Gasteiger partial charge in [-0.3, -0.25) is 14.9 Å². The number of carbonyl (C=O) groups is 1. The first-order valence-corrected chi connectivity index (χ1v) is 9.68. The largest absolute Gasteiger partial charge is 0.494 e. The Balaban J connectivity index is 1.80. The van der Waals surface area contributed by atoms with Gasteiger partial charge in [0.1, 0.15) is 5.75 Å². The van der Waals surface area contributed by atoms with Crippen LogP contribution in [0.4, 0.5) is 11.4 Å². The number of hydrogen-bond donors (Lipinski definition) is 1. The van der Waals surface area contributed by atoms with Crippen molar-refractivity contribution in [2.45, 2.75) is 23.9 Å². The number of nitrogens with zero attached hydrogens (tertiary/aromatic N) is 3. The van der Waals surface area contributed by atoms with Gasteiger partial charge in [0.05, 0.1) is 40.1 Å². The van der Waals surface area contributed by atoms with Gasteiger partial charge in [0.2, 0.25) is 5.91 Å². The number of thioether (sulfide) groups is 1. The van der Waals surface area contributed by atoms with E-state index in [-0.39, 0.29) is 17.3 Å². The number of methoxy groups -OCH3 is 1. The fourth-order valence-electron chi connectivity index (χ4n) is 2.79. The van der Waals surface area contributed by atoms with E-state index in [2.05, 4.69) is 16.9 Å². The first-order valence-electron chi connectivity index (χ1n) is 8.80. The van der Waals surface area contributed by atoms with Crippen molar-refractivity contribution in [1.29, 1.82) is 0 Å². The van der Waals surface area contributed by atoms with Gasteiger partial charge in [-0.25, -0.2) is 4.98 Å². The molecule has 0 fully saturated rings. The van der Waals surface area contributed by atoms with Crippen molar-refractivity contribution >= 4 is 40.1 Å². The number of rotatable bonds is 8. The van der Waals surface area contributed by atoms with E-state index in [1.807, 2.05) is 28.8 Å². The molecule has 0 spiro atoms. The van der Waals surface area contributed by atoms with Crippen LogP contribution in [0.25, 0.3) is 11.0 Å². The van der Waals surface area contributed by atoms with Crippen molar-refractivity contribution in [1.82, 2.24) is 9.55 Å². The van der Waals surface area contributed by atoms with Gasteiger partial charge < -0.3 is 14.6 Å². The fourth-order valence-corrected chi connectivity index (χ4v) is 3.73. The Labute approximate surface area is 171 Å². The lowest BCUT2D eigenvalue weighted by Gasteiger charge is -2.14. The molecule has 1 aromatic heterocycles. The van der Waals surface area contributed by atoms with Crippen LogP contribution in [-0.4, -0.2) is 32.7 Å². The molecular weight excluding hydrogens is 392 g/mol. The summed E-state index contributed by atoms with van der Waals surface area (Å²) in [6.45, 7) is 6.14. The van der Waals surface area contributed by atoms with Crippen LogP contribution in [0.1, 0.15) is 6.92 Å². The summed E-state index contributed by atoms with van der Waals surface area (Å²) in [6.07, 6.45) is 1.78. The number of nitro groups is 1. The summed E-state index contributed by atoms with van der Waals surface area (Å²) in [5, 5.41) is 13.9. The van der Waals surface area contributed by atoms with Gasteiger partial charge in [-0.15, -0.1) is 6.58 Å². The molecule has 0 saturated heterocycles. The van der Waals surface area contributed by atoms with Crippen molar-refractivity contribution in [3.63, 3.8) is 0 Å². The third-order valence-corrected chi connectivity index (χ3v) is 5.33. The number of imidazole rings is 1. The number of anilines is 1. The Hall–Kier alpha value is -3.33. The molecule has 1 heterocycles. The van der Waals surface area contributed by atoms with Crippen LogP contribution in [0, 0.1) is 10.1 Å². The van der Waals surface area contributed by atoms with E-state index >= 15 is 0 Å². The number of fused-ring (bicyclic) bond motifs is 1. The molecule has 0 unspecified atom stereocenters. The van der Waals surface area contributed by atoms with E-state index in [4.69, 9.17) is 4.74 Å². The number of allylic oxidation sites excluding steroid dienone is 1. The average Bonchev–Trinajstić information content (AvgIpc) is 3.05. The lowest BCUT2D eigenvalue weighted by Crippen LogP contribution is -2.23. The van der Waals surface area contributed by atoms with Crippen molar-refractivity contribution in [3.8, 4) is 5.75 Å². The van der Waals surface area contributed by atoms with Gasteiger partial charge in [0.25, 0.3) is 5.69 Å². The van der Waals surface area contributed by atoms with E-state index in [9.17, 15) is 14.9 Å². The normalized spacial score (nSPS) is 11.8. The van der Waals surface area contributed by atoms with E-state index in [0.717, 1.165) is 11.0 Å². The minimum Gasteiger partial charge on any atom is -0.494 e. The maximum atomic E-state index is 12.7. The van der Waals surface area contributed by atoms with Crippen LogP contribution in [0.2, 0.25) is 0 Å². The highest BCUT2D eigenvalue weighted by molar-refractivity contribution is 8.00. The van der Waals surface area contributed by atoms with Gasteiger partial charge in [-0.05, 0) is 25.1 Å². The number of hydrogen-bond acceptors (Lipinski definition) is 6. The minimum absolute atomic E-state index is 0.111. The van der Waals surface area contributed by atoms with Crippen LogP contribution in [0.3, 0.4) is 0 Å². The lowest BCUT2D eigenvalue weighted by molar-refractivity contribution is -0.384. The van der Waals surface area contributed by atoms with Crippen LogP contribution < -0.4 is 10.1 Å². The van der Waals surface area contributed by atoms with Crippen LogP contribution in [0.5, 0.6) is 5.75 Å². The standard InChI is InChI=1S/C20H20N4O4S/c1-4-11-23-17-8-6-5-7-15(17)22-20(23)29-13(2)19(25)21-16-10-9-14(24(26)27)12-18(16)28-3/h4-10,12-13H,1,11H2,2-3H3,(H,21,25)/t13-/m1/s1. The van der Waals surface area contributed by atoms with Crippen molar-refractivity contribution < 1.29 is 14.5 Å². The van der Waals surface area contributed by atoms with Crippen molar-refractivity contribution in [2.24, 2.45) is 0 Å². The zero-order chi connectivity index (χ0) is 21.0. The topological polar surface area (TPSA) is 99.3 Å². The van der Waals surface area contributed by atoms with Gasteiger partial charge >= 0.3 is 0 Å².